The smallest absolute Gasteiger partial charge is 0.246 e. The highest BCUT2D eigenvalue weighted by atomic mass is 16.3. The molecule has 7 heteroatoms. The van der Waals surface area contributed by atoms with Crippen molar-refractivity contribution < 1.29 is 14.7 Å². The number of aromatic hydroxyl groups is 1. The number of phenols is 1. The molecular weight excluding hydrogens is 392 g/mol. The van der Waals surface area contributed by atoms with Crippen molar-refractivity contribution >= 4 is 11.8 Å². The SMILES string of the molecule is Cc1cc(O)cc(C)c1C[C@H](N)C(=O)N[C@H](C)C(=O)N/C=C/Cc1ccc(C#N)cc1. The highest BCUT2D eigenvalue weighted by Crippen LogP contribution is 2.21. The second-order valence-corrected chi connectivity index (χ2v) is 7.52. The van der Waals surface area contributed by atoms with Gasteiger partial charge in [-0.3, -0.25) is 9.59 Å². The monoisotopic (exact) mass is 420 g/mol. The van der Waals surface area contributed by atoms with Gasteiger partial charge in [-0.15, -0.1) is 0 Å². The lowest BCUT2D eigenvalue weighted by molar-refractivity contribution is -0.128. The predicted molar refractivity (Wildman–Crippen MR) is 119 cm³/mol. The van der Waals surface area contributed by atoms with Crippen LogP contribution in [0.2, 0.25) is 0 Å². The van der Waals surface area contributed by atoms with Crippen LogP contribution < -0.4 is 16.4 Å². The van der Waals surface area contributed by atoms with Crippen LogP contribution in [-0.4, -0.2) is 29.0 Å². The van der Waals surface area contributed by atoms with Crippen molar-refractivity contribution in [2.75, 3.05) is 0 Å². The summed E-state index contributed by atoms with van der Waals surface area (Å²) in [5.41, 5.74) is 10.3. The summed E-state index contributed by atoms with van der Waals surface area (Å²) in [5, 5.41) is 23.7. The average molecular weight is 421 g/mol. The largest absolute Gasteiger partial charge is 0.508 e. The van der Waals surface area contributed by atoms with Gasteiger partial charge in [-0.1, -0.05) is 18.2 Å². The Kier molecular flexibility index (Phi) is 8.35. The van der Waals surface area contributed by atoms with Gasteiger partial charge in [-0.05, 0) is 80.1 Å². The Hall–Kier alpha value is -3.63. The van der Waals surface area contributed by atoms with E-state index in [1.165, 1.54) is 6.20 Å². The molecule has 162 valence electrons. The second-order valence-electron chi connectivity index (χ2n) is 7.52. The topological polar surface area (TPSA) is 128 Å². The first-order valence-corrected chi connectivity index (χ1v) is 10.0. The van der Waals surface area contributed by atoms with E-state index < -0.39 is 18.0 Å². The van der Waals surface area contributed by atoms with E-state index in [0.717, 1.165) is 22.3 Å². The van der Waals surface area contributed by atoms with E-state index in [4.69, 9.17) is 11.0 Å². The number of nitrogens with two attached hydrogens (primary N) is 1. The number of rotatable bonds is 8. The number of nitrogens with zero attached hydrogens (tertiary/aromatic N) is 1. The Balaban J connectivity index is 1.83. The van der Waals surface area contributed by atoms with Gasteiger partial charge in [0.25, 0.3) is 0 Å². The summed E-state index contributed by atoms with van der Waals surface area (Å²) < 4.78 is 0. The molecule has 2 aromatic rings. The maximum atomic E-state index is 12.4. The number of benzene rings is 2. The number of carbonyl (C=O) groups excluding carboxylic acids is 2. The number of nitriles is 1. The molecule has 2 atom stereocenters. The number of phenolic OH excluding ortho intramolecular Hbond substituents is 1. The van der Waals surface area contributed by atoms with Crippen molar-refractivity contribution in [3.63, 3.8) is 0 Å². The van der Waals surface area contributed by atoms with Gasteiger partial charge in [0.15, 0.2) is 0 Å². The first-order chi connectivity index (χ1) is 14.7. The molecule has 0 spiro atoms. The summed E-state index contributed by atoms with van der Waals surface area (Å²) in [5.74, 6) is -0.598. The molecule has 0 aliphatic heterocycles. The normalized spacial score (nSPS) is 12.7. The fourth-order valence-electron chi connectivity index (χ4n) is 3.17. The van der Waals surface area contributed by atoms with Gasteiger partial charge >= 0.3 is 0 Å². The molecule has 31 heavy (non-hydrogen) atoms. The lowest BCUT2D eigenvalue weighted by Crippen LogP contribution is -2.50. The molecule has 0 aliphatic carbocycles. The van der Waals surface area contributed by atoms with Gasteiger partial charge in [0.1, 0.15) is 11.8 Å². The summed E-state index contributed by atoms with van der Waals surface area (Å²) >= 11 is 0. The van der Waals surface area contributed by atoms with Crippen molar-refractivity contribution in [2.45, 2.75) is 45.7 Å². The van der Waals surface area contributed by atoms with E-state index in [9.17, 15) is 14.7 Å². The summed E-state index contributed by atoms with van der Waals surface area (Å²) in [6, 6.07) is 11.0. The van der Waals surface area contributed by atoms with E-state index in [1.54, 1.807) is 37.3 Å². The molecular formula is C24H28N4O3. The predicted octanol–water partition coefficient (Wildman–Crippen LogP) is 2.13. The zero-order valence-corrected chi connectivity index (χ0v) is 18.0. The molecule has 2 aromatic carbocycles. The van der Waals surface area contributed by atoms with Crippen LogP contribution in [0.4, 0.5) is 0 Å². The fraction of sp³-hybridized carbons (Fsp3) is 0.292. The molecule has 0 bridgehead atoms. The van der Waals surface area contributed by atoms with Crippen molar-refractivity contribution in [2.24, 2.45) is 5.73 Å². The van der Waals surface area contributed by atoms with Crippen molar-refractivity contribution in [1.82, 2.24) is 10.6 Å². The molecule has 0 unspecified atom stereocenters. The highest BCUT2D eigenvalue weighted by molar-refractivity contribution is 5.89. The maximum Gasteiger partial charge on any atom is 0.246 e. The van der Waals surface area contributed by atoms with Gasteiger partial charge < -0.3 is 21.5 Å². The fourth-order valence-corrected chi connectivity index (χ4v) is 3.17. The van der Waals surface area contributed by atoms with Gasteiger partial charge in [0.2, 0.25) is 11.8 Å². The molecule has 2 amide bonds. The summed E-state index contributed by atoms with van der Waals surface area (Å²) in [6.45, 7) is 5.30. The van der Waals surface area contributed by atoms with Crippen molar-refractivity contribution in [1.29, 1.82) is 5.26 Å². The third-order valence-electron chi connectivity index (χ3n) is 4.97. The minimum atomic E-state index is -0.816. The Morgan fingerprint density at radius 1 is 1.16 bits per heavy atom. The minimum absolute atomic E-state index is 0.175. The zero-order chi connectivity index (χ0) is 23.0. The van der Waals surface area contributed by atoms with Crippen LogP contribution in [-0.2, 0) is 22.4 Å². The van der Waals surface area contributed by atoms with E-state index in [1.807, 2.05) is 26.0 Å². The number of hydrogen-bond acceptors (Lipinski definition) is 5. The molecule has 7 nitrogen and oxygen atoms in total. The van der Waals surface area contributed by atoms with Gasteiger partial charge in [-0.25, -0.2) is 0 Å². The first-order valence-electron chi connectivity index (χ1n) is 10.0. The van der Waals surface area contributed by atoms with Crippen LogP contribution in [0, 0.1) is 25.2 Å². The number of hydrogen-bond donors (Lipinski definition) is 4. The van der Waals surface area contributed by atoms with E-state index in [-0.39, 0.29) is 11.7 Å². The zero-order valence-electron chi connectivity index (χ0n) is 18.0. The number of nitrogens with one attached hydrogen (secondary N) is 2. The van der Waals surface area contributed by atoms with Gasteiger partial charge in [0, 0.05) is 6.20 Å². The Bertz CT molecular complexity index is 983. The molecule has 0 fully saturated rings. The number of aryl methyl sites for hydroxylation is 2. The molecule has 0 aliphatic rings. The van der Waals surface area contributed by atoms with Gasteiger partial charge in [0.05, 0.1) is 17.7 Å². The molecule has 0 saturated heterocycles. The summed E-state index contributed by atoms with van der Waals surface area (Å²) in [6.07, 6.45) is 4.23. The Morgan fingerprint density at radius 3 is 2.35 bits per heavy atom. The molecule has 0 saturated carbocycles. The molecule has 5 N–H and O–H groups in total. The quantitative estimate of drug-likeness (QED) is 0.520. The Morgan fingerprint density at radius 2 is 1.77 bits per heavy atom. The van der Waals surface area contributed by atoms with E-state index in [0.29, 0.717) is 18.4 Å². The lowest BCUT2D eigenvalue weighted by atomic mass is 9.96. The third-order valence-corrected chi connectivity index (χ3v) is 4.97. The summed E-state index contributed by atoms with van der Waals surface area (Å²) in [7, 11) is 0. The molecule has 0 aromatic heterocycles. The first kappa shape index (κ1) is 23.6. The van der Waals surface area contributed by atoms with Crippen molar-refractivity contribution in [3.05, 3.63) is 76.5 Å². The second kappa shape index (κ2) is 11.0. The van der Waals surface area contributed by atoms with Gasteiger partial charge in [-0.2, -0.15) is 5.26 Å². The Labute approximate surface area is 182 Å². The number of allylic oxidation sites excluding steroid dienone is 1. The standard InChI is InChI=1S/C24H28N4O3/c1-15-11-20(29)12-16(2)21(15)13-22(26)24(31)28-17(3)23(30)27-10-4-5-18-6-8-19(14-25)9-7-18/h4,6-12,17,22,29H,5,13,26H2,1-3H3,(H,27,30)(H,28,31)/b10-4+/t17-,22+/m1/s1. The van der Waals surface area contributed by atoms with Crippen LogP contribution >= 0.6 is 0 Å². The number of carbonyl (C=O) groups is 2. The molecule has 2 rings (SSSR count). The third kappa shape index (κ3) is 6.98. The van der Waals surface area contributed by atoms with Crippen LogP contribution in [0.3, 0.4) is 0 Å². The van der Waals surface area contributed by atoms with Crippen LogP contribution in [0.1, 0.15) is 34.7 Å². The van der Waals surface area contributed by atoms with E-state index in [2.05, 4.69) is 16.7 Å². The van der Waals surface area contributed by atoms with Crippen LogP contribution in [0.25, 0.3) is 0 Å². The average Bonchev–Trinajstić information content (AvgIpc) is 2.73. The lowest BCUT2D eigenvalue weighted by Gasteiger charge is -2.18. The van der Waals surface area contributed by atoms with E-state index >= 15 is 0 Å². The highest BCUT2D eigenvalue weighted by Gasteiger charge is 2.21. The maximum absolute atomic E-state index is 12.4. The molecule has 0 radical (unpaired) electrons. The number of amides is 2. The van der Waals surface area contributed by atoms with Crippen molar-refractivity contribution in [3.8, 4) is 11.8 Å². The van der Waals surface area contributed by atoms with Crippen LogP contribution in [0.15, 0.2) is 48.7 Å². The molecule has 0 heterocycles. The summed E-state index contributed by atoms with van der Waals surface area (Å²) in [4.78, 5) is 24.6. The van der Waals surface area contributed by atoms with Crippen LogP contribution in [0.5, 0.6) is 5.75 Å². The minimum Gasteiger partial charge on any atom is -0.508 e.